The minimum Gasteiger partial charge on any atom is -0.360 e. The Bertz CT molecular complexity index is 634. The summed E-state index contributed by atoms with van der Waals surface area (Å²) in [6, 6.07) is 5.41. The van der Waals surface area contributed by atoms with Crippen molar-refractivity contribution in [3.63, 3.8) is 0 Å². The number of rotatable bonds is 4. The first-order valence-electron chi connectivity index (χ1n) is 5.81. The van der Waals surface area contributed by atoms with Crippen LogP contribution in [0, 0.1) is 6.92 Å². The first kappa shape index (κ1) is 14.6. The van der Waals surface area contributed by atoms with E-state index in [4.69, 9.17) is 23.2 Å². The van der Waals surface area contributed by atoms with Crippen molar-refractivity contribution in [2.24, 2.45) is 0 Å². The topological polar surface area (TPSA) is 66.9 Å². The monoisotopic (exact) mass is 310 g/mol. The lowest BCUT2D eigenvalue weighted by Gasteiger charge is -2.09. The predicted octanol–water partition coefficient (Wildman–Crippen LogP) is 3.14. The van der Waals surface area contributed by atoms with Crippen molar-refractivity contribution in [1.82, 2.24) is 9.97 Å². The van der Waals surface area contributed by atoms with Crippen LogP contribution in [-0.2, 0) is 4.79 Å². The van der Waals surface area contributed by atoms with E-state index >= 15 is 0 Å². The zero-order valence-electron chi connectivity index (χ0n) is 10.7. The highest BCUT2D eigenvalue weighted by molar-refractivity contribution is 6.34. The summed E-state index contributed by atoms with van der Waals surface area (Å²) in [5, 5.41) is 6.39. The number of hydrogen-bond acceptors (Lipinski definition) is 4. The molecule has 0 bridgehead atoms. The van der Waals surface area contributed by atoms with Crippen LogP contribution < -0.4 is 10.6 Å². The average molecular weight is 311 g/mol. The highest BCUT2D eigenvalue weighted by Crippen LogP contribution is 2.22. The zero-order chi connectivity index (χ0) is 14.5. The van der Waals surface area contributed by atoms with Crippen LogP contribution in [-0.4, -0.2) is 22.4 Å². The maximum Gasteiger partial charge on any atom is 0.243 e. The van der Waals surface area contributed by atoms with Crippen LogP contribution in [0.25, 0.3) is 0 Å². The van der Waals surface area contributed by atoms with Crippen molar-refractivity contribution in [3.8, 4) is 0 Å². The Morgan fingerprint density at radius 2 is 2.10 bits per heavy atom. The molecule has 0 radical (unpaired) electrons. The lowest BCUT2D eigenvalue weighted by atomic mass is 10.2. The van der Waals surface area contributed by atoms with E-state index in [0.717, 1.165) is 5.56 Å². The van der Waals surface area contributed by atoms with Gasteiger partial charge in [0.2, 0.25) is 5.91 Å². The summed E-state index contributed by atoms with van der Waals surface area (Å²) in [7, 11) is 0. The second-order valence-electron chi connectivity index (χ2n) is 4.10. The van der Waals surface area contributed by atoms with E-state index in [1.807, 2.05) is 13.0 Å². The van der Waals surface area contributed by atoms with Crippen LogP contribution in [0.15, 0.2) is 30.7 Å². The zero-order valence-corrected chi connectivity index (χ0v) is 12.2. The van der Waals surface area contributed by atoms with Gasteiger partial charge in [-0.1, -0.05) is 29.3 Å². The minimum absolute atomic E-state index is 0.0287. The van der Waals surface area contributed by atoms with E-state index in [1.54, 1.807) is 12.1 Å². The standard InChI is InChI=1S/C13H12Cl2N4O/c1-8-2-3-11(9(14)4-8)19-12(20)6-17-13-10(15)5-16-7-18-13/h2-5,7H,6H2,1H3,(H,19,20)(H,16,17,18). The van der Waals surface area contributed by atoms with Crippen LogP contribution in [0.4, 0.5) is 11.5 Å². The van der Waals surface area contributed by atoms with Gasteiger partial charge in [0.25, 0.3) is 0 Å². The number of amides is 1. The normalized spacial score (nSPS) is 10.2. The first-order valence-corrected chi connectivity index (χ1v) is 6.57. The fourth-order valence-electron chi connectivity index (χ4n) is 1.52. The molecule has 1 aromatic carbocycles. The van der Waals surface area contributed by atoms with Crippen LogP contribution >= 0.6 is 23.2 Å². The second-order valence-corrected chi connectivity index (χ2v) is 4.92. The number of carbonyl (C=O) groups is 1. The SMILES string of the molecule is Cc1ccc(NC(=O)CNc2ncncc2Cl)c(Cl)c1. The molecule has 1 amide bonds. The molecule has 0 aliphatic rings. The Hall–Kier alpha value is -1.85. The van der Waals surface area contributed by atoms with Crippen molar-refractivity contribution in [3.05, 3.63) is 46.3 Å². The van der Waals surface area contributed by atoms with Gasteiger partial charge in [-0.25, -0.2) is 9.97 Å². The van der Waals surface area contributed by atoms with Crippen LogP contribution in [0.1, 0.15) is 5.56 Å². The predicted molar refractivity (Wildman–Crippen MR) is 80.4 cm³/mol. The molecule has 1 aromatic heterocycles. The van der Waals surface area contributed by atoms with Crippen LogP contribution in [0.5, 0.6) is 0 Å². The van der Waals surface area contributed by atoms with Crippen LogP contribution in [0.3, 0.4) is 0 Å². The van der Waals surface area contributed by atoms with Crippen molar-refractivity contribution < 1.29 is 4.79 Å². The molecule has 0 fully saturated rings. The molecular formula is C13H12Cl2N4O. The highest BCUT2D eigenvalue weighted by atomic mass is 35.5. The smallest absolute Gasteiger partial charge is 0.243 e. The van der Waals surface area contributed by atoms with Crippen molar-refractivity contribution >= 4 is 40.6 Å². The van der Waals surface area contributed by atoms with Gasteiger partial charge < -0.3 is 10.6 Å². The molecule has 0 saturated carbocycles. The van der Waals surface area contributed by atoms with Gasteiger partial charge in [-0.3, -0.25) is 4.79 Å². The molecule has 2 N–H and O–H groups in total. The van der Waals surface area contributed by atoms with E-state index in [2.05, 4.69) is 20.6 Å². The molecule has 20 heavy (non-hydrogen) atoms. The van der Waals surface area contributed by atoms with Gasteiger partial charge in [0.1, 0.15) is 17.2 Å². The summed E-state index contributed by atoms with van der Waals surface area (Å²) in [6.07, 6.45) is 2.80. The van der Waals surface area contributed by atoms with Gasteiger partial charge in [0.05, 0.1) is 23.5 Å². The molecule has 0 spiro atoms. The van der Waals surface area contributed by atoms with Gasteiger partial charge in [-0.15, -0.1) is 0 Å². The van der Waals surface area contributed by atoms with E-state index in [1.165, 1.54) is 12.5 Å². The Morgan fingerprint density at radius 1 is 1.30 bits per heavy atom. The van der Waals surface area contributed by atoms with Crippen molar-refractivity contribution in [2.45, 2.75) is 6.92 Å². The Morgan fingerprint density at radius 3 is 2.80 bits per heavy atom. The van der Waals surface area contributed by atoms with Gasteiger partial charge in [0.15, 0.2) is 0 Å². The number of aryl methyl sites for hydroxylation is 1. The summed E-state index contributed by atoms with van der Waals surface area (Å²) < 4.78 is 0. The molecule has 0 aliphatic heterocycles. The number of hydrogen-bond donors (Lipinski definition) is 2. The summed E-state index contributed by atoms with van der Waals surface area (Å²) in [5.41, 5.74) is 1.59. The van der Waals surface area contributed by atoms with Crippen molar-refractivity contribution in [1.29, 1.82) is 0 Å². The molecule has 0 saturated heterocycles. The first-order chi connectivity index (χ1) is 9.56. The second kappa shape index (κ2) is 6.54. The van der Waals surface area contributed by atoms with Gasteiger partial charge in [-0.05, 0) is 24.6 Å². The molecule has 5 nitrogen and oxygen atoms in total. The molecule has 0 unspecified atom stereocenters. The summed E-state index contributed by atoms with van der Waals surface area (Å²) in [4.78, 5) is 19.5. The van der Waals surface area contributed by atoms with Gasteiger partial charge >= 0.3 is 0 Å². The van der Waals surface area contributed by atoms with Crippen molar-refractivity contribution in [2.75, 3.05) is 17.2 Å². The quantitative estimate of drug-likeness (QED) is 0.910. The largest absolute Gasteiger partial charge is 0.360 e. The number of nitrogens with one attached hydrogen (secondary N) is 2. The maximum atomic E-state index is 11.8. The lowest BCUT2D eigenvalue weighted by molar-refractivity contribution is -0.114. The summed E-state index contributed by atoms with van der Waals surface area (Å²) in [5.74, 6) is 0.164. The maximum absolute atomic E-state index is 11.8. The highest BCUT2D eigenvalue weighted by Gasteiger charge is 2.07. The fourth-order valence-corrected chi connectivity index (χ4v) is 1.98. The third kappa shape index (κ3) is 3.82. The molecule has 0 atom stereocenters. The molecule has 0 aliphatic carbocycles. The number of nitrogens with zero attached hydrogens (tertiary/aromatic N) is 2. The molecule has 2 aromatic rings. The fraction of sp³-hybridized carbons (Fsp3) is 0.154. The van der Waals surface area contributed by atoms with E-state index in [0.29, 0.717) is 21.6 Å². The Kier molecular flexibility index (Phi) is 4.76. The van der Waals surface area contributed by atoms with Gasteiger partial charge in [-0.2, -0.15) is 0 Å². The summed E-state index contributed by atoms with van der Waals surface area (Å²) >= 11 is 11.9. The average Bonchev–Trinajstić information content (AvgIpc) is 2.41. The third-order valence-electron chi connectivity index (χ3n) is 2.48. The van der Waals surface area contributed by atoms with E-state index in [-0.39, 0.29) is 12.5 Å². The number of aromatic nitrogens is 2. The molecular weight excluding hydrogens is 299 g/mol. The lowest BCUT2D eigenvalue weighted by Crippen LogP contribution is -2.22. The van der Waals surface area contributed by atoms with E-state index in [9.17, 15) is 4.79 Å². The Labute approximate surface area is 126 Å². The number of halogens is 2. The van der Waals surface area contributed by atoms with Gasteiger partial charge in [0, 0.05) is 0 Å². The van der Waals surface area contributed by atoms with Crippen LogP contribution in [0.2, 0.25) is 10.0 Å². The molecule has 2 rings (SSSR count). The molecule has 1 heterocycles. The third-order valence-corrected chi connectivity index (χ3v) is 3.07. The number of benzene rings is 1. The Balaban J connectivity index is 1.94. The number of anilines is 2. The molecule has 104 valence electrons. The van der Waals surface area contributed by atoms with E-state index < -0.39 is 0 Å². The summed E-state index contributed by atoms with van der Waals surface area (Å²) in [6.45, 7) is 1.96. The number of carbonyl (C=O) groups excluding carboxylic acids is 1. The minimum atomic E-state index is -0.245. The molecule has 7 heteroatoms.